The summed E-state index contributed by atoms with van der Waals surface area (Å²) in [6.07, 6.45) is -1.84. The Labute approximate surface area is 147 Å². The quantitative estimate of drug-likeness (QED) is 0.303. The van der Waals surface area contributed by atoms with E-state index in [0.717, 1.165) is 12.8 Å². The number of carbonyl (C=O) groups excluding carboxylic acids is 2. The molecular formula is C16H30N2O7. The Morgan fingerprint density at radius 1 is 1.20 bits per heavy atom. The number of nitrogens with one attached hydrogen (secondary N) is 2. The van der Waals surface area contributed by atoms with E-state index in [0.29, 0.717) is 19.4 Å². The van der Waals surface area contributed by atoms with E-state index in [2.05, 4.69) is 10.6 Å². The van der Waals surface area contributed by atoms with Crippen LogP contribution in [-0.4, -0.2) is 77.5 Å². The SMILES string of the molecule is CCCCC(=O)NCCCO[C@@H]1OC(CO)[C@@H](O)[C@H](O)C1NC(C)=O. The second-order valence-electron chi connectivity index (χ2n) is 6.11. The molecule has 1 fully saturated rings. The third kappa shape index (κ3) is 7.25. The minimum Gasteiger partial charge on any atom is -0.394 e. The molecule has 0 aliphatic carbocycles. The minimum absolute atomic E-state index is 0.00854. The van der Waals surface area contributed by atoms with Gasteiger partial charge in [-0.25, -0.2) is 0 Å². The van der Waals surface area contributed by atoms with Gasteiger partial charge in [0.1, 0.15) is 24.4 Å². The smallest absolute Gasteiger partial charge is 0.219 e. The first-order valence-electron chi connectivity index (χ1n) is 8.68. The molecule has 9 heteroatoms. The Balaban J connectivity index is 2.44. The van der Waals surface area contributed by atoms with E-state index in [1.807, 2.05) is 6.92 Å². The van der Waals surface area contributed by atoms with Crippen LogP contribution in [0.3, 0.4) is 0 Å². The summed E-state index contributed by atoms with van der Waals surface area (Å²) in [5.74, 6) is -0.412. The normalized spacial score (nSPS) is 29.2. The van der Waals surface area contributed by atoms with Gasteiger partial charge in [-0.15, -0.1) is 0 Å². The molecule has 5 atom stereocenters. The van der Waals surface area contributed by atoms with E-state index in [4.69, 9.17) is 9.47 Å². The lowest BCUT2D eigenvalue weighted by atomic mass is 9.97. The van der Waals surface area contributed by atoms with E-state index < -0.39 is 43.2 Å². The Hall–Kier alpha value is -1.26. The Morgan fingerprint density at radius 2 is 1.92 bits per heavy atom. The molecule has 0 bridgehead atoms. The molecule has 1 heterocycles. The number of unbranched alkanes of at least 4 members (excludes halogenated alkanes) is 1. The maximum Gasteiger partial charge on any atom is 0.219 e. The number of amides is 2. The lowest BCUT2D eigenvalue weighted by molar-refractivity contribution is -0.270. The monoisotopic (exact) mass is 362 g/mol. The van der Waals surface area contributed by atoms with Crippen molar-refractivity contribution in [2.75, 3.05) is 19.8 Å². The van der Waals surface area contributed by atoms with Crippen molar-refractivity contribution in [3.63, 3.8) is 0 Å². The zero-order chi connectivity index (χ0) is 18.8. The predicted octanol–water partition coefficient (Wildman–Crippen LogP) is -1.36. The van der Waals surface area contributed by atoms with Crippen LogP contribution < -0.4 is 10.6 Å². The molecule has 0 saturated carbocycles. The number of hydrogen-bond donors (Lipinski definition) is 5. The van der Waals surface area contributed by atoms with Gasteiger partial charge in [-0.1, -0.05) is 13.3 Å². The topological polar surface area (TPSA) is 137 Å². The fourth-order valence-corrected chi connectivity index (χ4v) is 2.54. The van der Waals surface area contributed by atoms with Crippen LogP contribution in [0.1, 0.15) is 39.5 Å². The number of hydrogen-bond acceptors (Lipinski definition) is 7. The highest BCUT2D eigenvalue weighted by Crippen LogP contribution is 2.22. The van der Waals surface area contributed by atoms with Gasteiger partial charge in [-0.05, 0) is 12.8 Å². The molecule has 0 aromatic heterocycles. The van der Waals surface area contributed by atoms with E-state index in [1.165, 1.54) is 6.92 Å². The average molecular weight is 362 g/mol. The van der Waals surface area contributed by atoms with Crippen molar-refractivity contribution in [2.24, 2.45) is 0 Å². The highest BCUT2D eigenvalue weighted by molar-refractivity contribution is 5.75. The Morgan fingerprint density at radius 3 is 2.52 bits per heavy atom. The molecule has 146 valence electrons. The standard InChI is InChI=1S/C16H30N2O7/c1-3-4-6-12(21)17-7-5-8-24-16-13(18-10(2)20)15(23)14(22)11(9-19)25-16/h11,13-16,19,22-23H,3-9H2,1-2H3,(H,17,21)(H,18,20)/t11?,13?,14-,15-,16-/m1/s1. The second-order valence-corrected chi connectivity index (χ2v) is 6.11. The summed E-state index contributed by atoms with van der Waals surface area (Å²) in [6, 6.07) is -0.950. The van der Waals surface area contributed by atoms with Gasteiger partial charge < -0.3 is 35.4 Å². The fourth-order valence-electron chi connectivity index (χ4n) is 2.54. The van der Waals surface area contributed by atoms with Gasteiger partial charge in [0.15, 0.2) is 6.29 Å². The molecule has 1 aliphatic heterocycles. The third-order valence-electron chi connectivity index (χ3n) is 3.93. The summed E-state index contributed by atoms with van der Waals surface area (Å²) in [7, 11) is 0. The molecule has 1 saturated heterocycles. The van der Waals surface area contributed by atoms with Crippen LogP contribution in [0.5, 0.6) is 0 Å². The Kier molecular flexibility index (Phi) is 9.91. The van der Waals surface area contributed by atoms with Crippen LogP contribution in [-0.2, 0) is 19.1 Å². The first kappa shape index (κ1) is 21.8. The summed E-state index contributed by atoms with van der Waals surface area (Å²) in [6.45, 7) is 3.46. The zero-order valence-electron chi connectivity index (χ0n) is 14.8. The molecule has 5 N–H and O–H groups in total. The largest absolute Gasteiger partial charge is 0.394 e. The van der Waals surface area contributed by atoms with Crippen LogP contribution in [0.2, 0.25) is 0 Å². The molecule has 0 spiro atoms. The predicted molar refractivity (Wildman–Crippen MR) is 88.5 cm³/mol. The number of aliphatic hydroxyl groups excluding tert-OH is 3. The van der Waals surface area contributed by atoms with E-state index in [9.17, 15) is 24.9 Å². The fraction of sp³-hybridized carbons (Fsp3) is 0.875. The van der Waals surface area contributed by atoms with Crippen LogP contribution in [0.25, 0.3) is 0 Å². The Bertz CT molecular complexity index is 421. The summed E-state index contributed by atoms with van der Waals surface area (Å²) < 4.78 is 11.0. The molecule has 0 aromatic carbocycles. The van der Waals surface area contributed by atoms with E-state index in [-0.39, 0.29) is 12.5 Å². The van der Waals surface area contributed by atoms with Crippen molar-refractivity contribution >= 4 is 11.8 Å². The van der Waals surface area contributed by atoms with E-state index >= 15 is 0 Å². The van der Waals surface area contributed by atoms with Gasteiger partial charge >= 0.3 is 0 Å². The molecule has 9 nitrogen and oxygen atoms in total. The lowest BCUT2D eigenvalue weighted by Crippen LogP contribution is -2.64. The molecular weight excluding hydrogens is 332 g/mol. The van der Waals surface area contributed by atoms with Gasteiger partial charge in [0, 0.05) is 19.9 Å². The van der Waals surface area contributed by atoms with Gasteiger partial charge in [-0.3, -0.25) is 9.59 Å². The summed E-state index contributed by atoms with van der Waals surface area (Å²) in [5.41, 5.74) is 0. The zero-order valence-corrected chi connectivity index (χ0v) is 14.8. The van der Waals surface area contributed by atoms with Crippen molar-refractivity contribution < 1.29 is 34.4 Å². The highest BCUT2D eigenvalue weighted by atomic mass is 16.7. The van der Waals surface area contributed by atoms with E-state index in [1.54, 1.807) is 0 Å². The summed E-state index contributed by atoms with van der Waals surface area (Å²) in [5, 5.41) is 34.5. The average Bonchev–Trinajstić information content (AvgIpc) is 2.58. The van der Waals surface area contributed by atoms with Crippen molar-refractivity contribution in [1.29, 1.82) is 0 Å². The molecule has 1 rings (SSSR count). The van der Waals surface area contributed by atoms with Crippen molar-refractivity contribution in [2.45, 2.75) is 70.2 Å². The van der Waals surface area contributed by atoms with Gasteiger partial charge in [-0.2, -0.15) is 0 Å². The lowest BCUT2D eigenvalue weighted by Gasteiger charge is -2.42. The van der Waals surface area contributed by atoms with Crippen LogP contribution in [0, 0.1) is 0 Å². The van der Waals surface area contributed by atoms with Crippen LogP contribution in [0.4, 0.5) is 0 Å². The molecule has 0 aromatic rings. The first-order valence-corrected chi connectivity index (χ1v) is 8.68. The van der Waals surface area contributed by atoms with Crippen molar-refractivity contribution in [1.82, 2.24) is 10.6 Å². The molecule has 2 amide bonds. The third-order valence-corrected chi connectivity index (χ3v) is 3.93. The molecule has 0 radical (unpaired) electrons. The molecule has 2 unspecified atom stereocenters. The highest BCUT2D eigenvalue weighted by Gasteiger charge is 2.45. The number of ether oxygens (including phenoxy) is 2. The van der Waals surface area contributed by atoms with Gasteiger partial charge in [0.2, 0.25) is 11.8 Å². The maximum atomic E-state index is 11.5. The van der Waals surface area contributed by atoms with Crippen molar-refractivity contribution in [3.8, 4) is 0 Å². The van der Waals surface area contributed by atoms with Crippen LogP contribution >= 0.6 is 0 Å². The van der Waals surface area contributed by atoms with Crippen LogP contribution in [0.15, 0.2) is 0 Å². The summed E-state index contributed by atoms with van der Waals surface area (Å²) in [4.78, 5) is 22.8. The number of carbonyl (C=O) groups is 2. The summed E-state index contributed by atoms with van der Waals surface area (Å²) >= 11 is 0. The molecule has 1 aliphatic rings. The van der Waals surface area contributed by atoms with Gasteiger partial charge in [0.05, 0.1) is 13.2 Å². The first-order chi connectivity index (χ1) is 11.9. The van der Waals surface area contributed by atoms with Gasteiger partial charge in [0.25, 0.3) is 0 Å². The molecule has 25 heavy (non-hydrogen) atoms. The number of aliphatic hydroxyl groups is 3. The van der Waals surface area contributed by atoms with Crippen molar-refractivity contribution in [3.05, 3.63) is 0 Å². The maximum absolute atomic E-state index is 11.5. The minimum atomic E-state index is -1.33. The number of rotatable bonds is 10. The second kappa shape index (κ2) is 11.4.